The molecule has 1 aromatic rings. The van der Waals surface area contributed by atoms with Crippen LogP contribution in [0.2, 0.25) is 0 Å². The van der Waals surface area contributed by atoms with Gasteiger partial charge in [0.05, 0.1) is 0 Å². The van der Waals surface area contributed by atoms with Gasteiger partial charge >= 0.3 is 0 Å². The minimum atomic E-state index is 0.0898. The molecule has 116 valence electrons. The van der Waals surface area contributed by atoms with E-state index in [0.717, 1.165) is 54.8 Å². The number of likely N-dealkylation sites (tertiary alicyclic amines) is 1. The molecule has 0 aliphatic carbocycles. The Bertz CT molecular complexity index is 473. The number of halogens is 1. The van der Waals surface area contributed by atoms with E-state index in [1.54, 1.807) is 0 Å². The minimum absolute atomic E-state index is 0.0898. The molecule has 2 rings (SSSR count). The molecule has 0 spiro atoms. The first-order valence-corrected chi connectivity index (χ1v) is 8.39. The highest BCUT2D eigenvalue weighted by molar-refractivity contribution is 9.10. The Kier molecular flexibility index (Phi) is 6.51. The van der Waals surface area contributed by atoms with Gasteiger partial charge in [0.2, 0.25) is 0 Å². The molecule has 5 heteroatoms. The molecule has 1 aromatic carbocycles. The van der Waals surface area contributed by atoms with Crippen LogP contribution in [0.4, 0.5) is 0 Å². The molecule has 4 nitrogen and oxygen atoms in total. The quantitative estimate of drug-likeness (QED) is 0.853. The summed E-state index contributed by atoms with van der Waals surface area (Å²) in [5.74, 6) is 0.872. The number of nitrogens with zero attached hydrogens (tertiary/aromatic N) is 1. The maximum atomic E-state index is 12.1. The molecule has 1 fully saturated rings. The standard InChI is InChI=1S/C16H23BrN2O2/c1-2-18-11-13-10-14(17)6-7-15(13)21-12-16(20)19-8-4-3-5-9-19/h6-7,10,18H,2-5,8-9,11-12H2,1H3. The fourth-order valence-electron chi connectivity index (χ4n) is 2.46. The first kappa shape index (κ1) is 16.3. The van der Waals surface area contributed by atoms with Gasteiger partial charge in [0.15, 0.2) is 6.61 Å². The Morgan fingerprint density at radius 3 is 2.81 bits per heavy atom. The van der Waals surface area contributed by atoms with Gasteiger partial charge in [-0.3, -0.25) is 4.79 Å². The summed E-state index contributed by atoms with van der Waals surface area (Å²) < 4.78 is 6.77. The first-order valence-electron chi connectivity index (χ1n) is 7.60. The number of benzene rings is 1. The SMILES string of the molecule is CCNCc1cc(Br)ccc1OCC(=O)N1CCCCC1. The molecule has 0 unspecified atom stereocenters. The molecule has 0 bridgehead atoms. The van der Waals surface area contributed by atoms with Crippen molar-refractivity contribution < 1.29 is 9.53 Å². The van der Waals surface area contributed by atoms with Crippen LogP contribution in [-0.4, -0.2) is 37.0 Å². The topological polar surface area (TPSA) is 41.6 Å². The van der Waals surface area contributed by atoms with Gasteiger partial charge in [-0.2, -0.15) is 0 Å². The van der Waals surface area contributed by atoms with Gasteiger partial charge < -0.3 is 15.0 Å². The van der Waals surface area contributed by atoms with Gasteiger partial charge in [-0.15, -0.1) is 0 Å². The molecule has 0 saturated carbocycles. The van der Waals surface area contributed by atoms with Crippen molar-refractivity contribution in [3.8, 4) is 5.75 Å². The van der Waals surface area contributed by atoms with E-state index in [4.69, 9.17) is 4.74 Å². The van der Waals surface area contributed by atoms with Gasteiger partial charge in [-0.25, -0.2) is 0 Å². The third-order valence-electron chi connectivity index (χ3n) is 3.65. The van der Waals surface area contributed by atoms with E-state index in [9.17, 15) is 4.79 Å². The van der Waals surface area contributed by atoms with Crippen LogP contribution in [0.1, 0.15) is 31.7 Å². The summed E-state index contributed by atoms with van der Waals surface area (Å²) in [6.07, 6.45) is 3.44. The average Bonchev–Trinajstić information content (AvgIpc) is 2.52. The van der Waals surface area contributed by atoms with Gasteiger partial charge in [0, 0.05) is 29.7 Å². The van der Waals surface area contributed by atoms with Gasteiger partial charge in [0.1, 0.15) is 5.75 Å². The summed E-state index contributed by atoms with van der Waals surface area (Å²) in [5.41, 5.74) is 1.07. The van der Waals surface area contributed by atoms with Crippen molar-refractivity contribution in [2.75, 3.05) is 26.2 Å². The fourth-order valence-corrected chi connectivity index (χ4v) is 2.87. The number of ether oxygens (including phenoxy) is 1. The molecule has 1 aliphatic rings. The summed E-state index contributed by atoms with van der Waals surface area (Å²) in [7, 11) is 0. The molecular weight excluding hydrogens is 332 g/mol. The van der Waals surface area contributed by atoms with E-state index >= 15 is 0 Å². The van der Waals surface area contributed by atoms with Crippen molar-refractivity contribution >= 4 is 21.8 Å². The third-order valence-corrected chi connectivity index (χ3v) is 4.14. The zero-order valence-corrected chi connectivity index (χ0v) is 14.1. The van der Waals surface area contributed by atoms with Crippen LogP contribution in [0.15, 0.2) is 22.7 Å². The number of amides is 1. The van der Waals surface area contributed by atoms with Crippen molar-refractivity contribution in [2.45, 2.75) is 32.7 Å². The molecule has 1 amide bonds. The molecule has 1 N–H and O–H groups in total. The van der Waals surface area contributed by atoms with E-state index in [1.807, 2.05) is 23.1 Å². The van der Waals surface area contributed by atoms with Crippen LogP contribution in [0.3, 0.4) is 0 Å². The molecule has 0 radical (unpaired) electrons. The minimum Gasteiger partial charge on any atom is -0.483 e. The maximum Gasteiger partial charge on any atom is 0.260 e. The Morgan fingerprint density at radius 1 is 1.33 bits per heavy atom. The van der Waals surface area contributed by atoms with Crippen LogP contribution >= 0.6 is 15.9 Å². The van der Waals surface area contributed by atoms with Crippen molar-refractivity contribution in [2.24, 2.45) is 0 Å². The predicted octanol–water partition coefficient (Wildman–Crippen LogP) is 2.95. The summed E-state index contributed by atoms with van der Waals surface area (Å²) >= 11 is 3.47. The van der Waals surface area contributed by atoms with E-state index in [1.165, 1.54) is 6.42 Å². The number of rotatable bonds is 6. The highest BCUT2D eigenvalue weighted by Gasteiger charge is 2.17. The molecule has 1 saturated heterocycles. The van der Waals surface area contributed by atoms with Crippen LogP contribution in [0.5, 0.6) is 5.75 Å². The largest absolute Gasteiger partial charge is 0.483 e. The van der Waals surface area contributed by atoms with E-state index in [-0.39, 0.29) is 12.5 Å². The number of hydrogen-bond donors (Lipinski definition) is 1. The second-order valence-electron chi connectivity index (χ2n) is 5.26. The number of piperidine rings is 1. The number of carbonyl (C=O) groups is 1. The highest BCUT2D eigenvalue weighted by Crippen LogP contribution is 2.23. The number of carbonyl (C=O) groups excluding carboxylic acids is 1. The first-order chi connectivity index (χ1) is 10.2. The van der Waals surface area contributed by atoms with E-state index in [0.29, 0.717) is 0 Å². The van der Waals surface area contributed by atoms with Crippen molar-refractivity contribution in [1.29, 1.82) is 0 Å². The van der Waals surface area contributed by atoms with Crippen LogP contribution in [0, 0.1) is 0 Å². The summed E-state index contributed by atoms with van der Waals surface area (Å²) in [4.78, 5) is 14.0. The molecule has 0 atom stereocenters. The van der Waals surface area contributed by atoms with E-state index in [2.05, 4.69) is 28.2 Å². The predicted molar refractivity (Wildman–Crippen MR) is 87.4 cm³/mol. The molecule has 0 aromatic heterocycles. The summed E-state index contributed by atoms with van der Waals surface area (Å²) in [6.45, 7) is 5.57. The van der Waals surface area contributed by atoms with Crippen molar-refractivity contribution in [3.63, 3.8) is 0 Å². The lowest BCUT2D eigenvalue weighted by Gasteiger charge is -2.26. The maximum absolute atomic E-state index is 12.1. The zero-order valence-electron chi connectivity index (χ0n) is 12.5. The normalized spacial score (nSPS) is 15.0. The summed E-state index contributed by atoms with van der Waals surface area (Å²) in [6, 6.07) is 5.89. The van der Waals surface area contributed by atoms with Gasteiger partial charge in [-0.1, -0.05) is 22.9 Å². The fraction of sp³-hybridized carbons (Fsp3) is 0.562. The van der Waals surface area contributed by atoms with Crippen molar-refractivity contribution in [3.05, 3.63) is 28.2 Å². The Balaban J connectivity index is 1.93. The van der Waals surface area contributed by atoms with Crippen LogP contribution in [-0.2, 0) is 11.3 Å². The highest BCUT2D eigenvalue weighted by atomic mass is 79.9. The number of nitrogens with one attached hydrogen (secondary N) is 1. The lowest BCUT2D eigenvalue weighted by atomic mass is 10.1. The Morgan fingerprint density at radius 2 is 2.10 bits per heavy atom. The lowest BCUT2D eigenvalue weighted by molar-refractivity contribution is -0.134. The van der Waals surface area contributed by atoms with Gasteiger partial charge in [0.25, 0.3) is 5.91 Å². The smallest absolute Gasteiger partial charge is 0.260 e. The van der Waals surface area contributed by atoms with Crippen molar-refractivity contribution in [1.82, 2.24) is 10.2 Å². The van der Waals surface area contributed by atoms with Crippen LogP contribution in [0.25, 0.3) is 0 Å². The zero-order chi connectivity index (χ0) is 15.1. The van der Waals surface area contributed by atoms with Crippen LogP contribution < -0.4 is 10.1 Å². The van der Waals surface area contributed by atoms with E-state index < -0.39 is 0 Å². The molecule has 21 heavy (non-hydrogen) atoms. The lowest BCUT2D eigenvalue weighted by Crippen LogP contribution is -2.38. The Labute approximate surface area is 135 Å². The second-order valence-corrected chi connectivity index (χ2v) is 6.18. The number of hydrogen-bond acceptors (Lipinski definition) is 3. The molecule has 1 heterocycles. The second kappa shape index (κ2) is 8.39. The molecular formula is C16H23BrN2O2. The average molecular weight is 355 g/mol. The monoisotopic (exact) mass is 354 g/mol. The van der Waals surface area contributed by atoms with Gasteiger partial charge in [-0.05, 0) is 44.0 Å². The summed E-state index contributed by atoms with van der Waals surface area (Å²) in [5, 5.41) is 3.29. The third kappa shape index (κ3) is 5.00. The Hall–Kier alpha value is -1.07. The molecule has 1 aliphatic heterocycles.